The normalized spacial score (nSPS) is 16.7. The number of carbonyl (C=O) groups is 1. The van der Waals surface area contributed by atoms with Gasteiger partial charge in [0.1, 0.15) is 0 Å². The largest absolute Gasteiger partial charge is 0.335 e. The number of piperidine rings is 1. The Bertz CT molecular complexity index is 488. The number of benzene rings is 1. The molecule has 0 spiro atoms. The summed E-state index contributed by atoms with van der Waals surface area (Å²) in [6.07, 6.45) is -0.864. The van der Waals surface area contributed by atoms with Crippen molar-refractivity contribution in [2.45, 2.75) is 38.8 Å². The number of carbonyl (C=O) groups excluding carboxylic acids is 1. The number of alkyl halides is 2. The van der Waals surface area contributed by atoms with Gasteiger partial charge in [0, 0.05) is 25.7 Å². The first-order valence-corrected chi connectivity index (χ1v) is 7.64. The molecule has 6 heteroatoms. The molecule has 0 radical (unpaired) electrons. The fraction of sp³-hybridized carbons (Fsp3) is 0.562. The van der Waals surface area contributed by atoms with E-state index in [4.69, 9.17) is 0 Å². The van der Waals surface area contributed by atoms with E-state index in [1.54, 1.807) is 4.90 Å². The van der Waals surface area contributed by atoms with E-state index in [0.717, 1.165) is 11.1 Å². The second kappa shape index (κ2) is 8.08. The molecule has 0 atom stereocenters. The van der Waals surface area contributed by atoms with Crippen LogP contribution in [0.2, 0.25) is 0 Å². The quantitative estimate of drug-likeness (QED) is 0.877. The molecule has 0 aliphatic carbocycles. The Hall–Kier alpha value is -1.69. The minimum Gasteiger partial charge on any atom is -0.335 e. The predicted octanol–water partition coefficient (Wildman–Crippen LogP) is 2.52. The Kier molecular flexibility index (Phi) is 6.12. The molecule has 2 rings (SSSR count). The van der Waals surface area contributed by atoms with Crippen LogP contribution in [0.1, 0.15) is 24.0 Å². The lowest BCUT2D eigenvalue weighted by Crippen LogP contribution is -2.48. The summed E-state index contributed by atoms with van der Waals surface area (Å²) in [6.45, 7) is 3.53. The third-order valence-electron chi connectivity index (χ3n) is 4.02. The molecule has 4 nitrogen and oxygen atoms in total. The average molecular weight is 311 g/mol. The summed E-state index contributed by atoms with van der Waals surface area (Å²) < 4.78 is 24.6. The van der Waals surface area contributed by atoms with Gasteiger partial charge in [0.15, 0.2) is 0 Å². The van der Waals surface area contributed by atoms with Crippen molar-refractivity contribution in [3.05, 3.63) is 35.4 Å². The van der Waals surface area contributed by atoms with Gasteiger partial charge in [0.2, 0.25) is 0 Å². The zero-order valence-electron chi connectivity index (χ0n) is 12.8. The van der Waals surface area contributed by atoms with Gasteiger partial charge in [-0.15, -0.1) is 0 Å². The first-order valence-electron chi connectivity index (χ1n) is 7.64. The van der Waals surface area contributed by atoms with Crippen LogP contribution in [0.4, 0.5) is 13.6 Å². The zero-order chi connectivity index (χ0) is 15.9. The van der Waals surface area contributed by atoms with Crippen LogP contribution >= 0.6 is 0 Å². The summed E-state index contributed by atoms with van der Waals surface area (Å²) in [5, 5.41) is 5.77. The first kappa shape index (κ1) is 16.7. The summed E-state index contributed by atoms with van der Waals surface area (Å²) >= 11 is 0. The van der Waals surface area contributed by atoms with Crippen molar-refractivity contribution in [1.29, 1.82) is 0 Å². The summed E-state index contributed by atoms with van der Waals surface area (Å²) in [5.74, 6) is 0. The Labute approximate surface area is 129 Å². The molecule has 0 bridgehead atoms. The molecule has 1 fully saturated rings. The molecule has 0 unspecified atom stereocenters. The Morgan fingerprint density at radius 3 is 2.64 bits per heavy atom. The first-order chi connectivity index (χ1) is 10.5. The van der Waals surface area contributed by atoms with Gasteiger partial charge in [-0.25, -0.2) is 13.6 Å². The molecular formula is C16H23F2N3O. The van der Waals surface area contributed by atoms with Crippen molar-refractivity contribution in [2.75, 3.05) is 19.6 Å². The van der Waals surface area contributed by atoms with Gasteiger partial charge >= 0.3 is 6.03 Å². The van der Waals surface area contributed by atoms with Crippen LogP contribution in [0.3, 0.4) is 0 Å². The monoisotopic (exact) mass is 311 g/mol. The third kappa shape index (κ3) is 5.26. The van der Waals surface area contributed by atoms with E-state index in [9.17, 15) is 13.6 Å². The Morgan fingerprint density at radius 2 is 2.00 bits per heavy atom. The van der Waals surface area contributed by atoms with Gasteiger partial charge < -0.3 is 10.6 Å². The minimum atomic E-state index is -2.29. The standard InChI is InChI=1S/C16H23F2N3O/c1-12-4-2-3-5-13(12)10-19-16(22)20-14-6-8-21(9-7-14)11-15(17)18/h2-5,14-15H,6-11H2,1H3,(H2,19,20,22). The lowest BCUT2D eigenvalue weighted by Gasteiger charge is -2.32. The van der Waals surface area contributed by atoms with E-state index in [-0.39, 0.29) is 18.6 Å². The second-order valence-electron chi connectivity index (χ2n) is 5.72. The lowest BCUT2D eigenvalue weighted by atomic mass is 10.1. The number of urea groups is 1. The zero-order valence-corrected chi connectivity index (χ0v) is 12.8. The van der Waals surface area contributed by atoms with Crippen LogP contribution in [0, 0.1) is 6.92 Å². The number of rotatable bonds is 5. The molecule has 2 amide bonds. The molecule has 1 heterocycles. The Morgan fingerprint density at radius 1 is 1.32 bits per heavy atom. The molecule has 1 aromatic carbocycles. The molecule has 1 aromatic rings. The van der Waals surface area contributed by atoms with Crippen LogP contribution in [-0.2, 0) is 6.54 Å². The van der Waals surface area contributed by atoms with E-state index in [2.05, 4.69) is 10.6 Å². The Balaban J connectivity index is 1.69. The van der Waals surface area contributed by atoms with E-state index in [1.165, 1.54) is 0 Å². The molecule has 1 aliphatic rings. The fourth-order valence-corrected chi connectivity index (χ4v) is 2.68. The highest BCUT2D eigenvalue weighted by molar-refractivity contribution is 5.74. The summed E-state index contributed by atoms with van der Waals surface area (Å²) in [5.41, 5.74) is 2.23. The maximum atomic E-state index is 12.3. The topological polar surface area (TPSA) is 44.4 Å². The molecule has 1 saturated heterocycles. The summed E-state index contributed by atoms with van der Waals surface area (Å²) in [7, 11) is 0. The van der Waals surface area contributed by atoms with Crippen molar-refractivity contribution in [1.82, 2.24) is 15.5 Å². The number of nitrogens with one attached hydrogen (secondary N) is 2. The summed E-state index contributed by atoms with van der Waals surface area (Å²) in [6, 6.07) is 7.76. The van der Waals surface area contributed by atoms with Crippen molar-refractivity contribution in [3.8, 4) is 0 Å². The van der Waals surface area contributed by atoms with Gasteiger partial charge in [-0.05, 0) is 30.9 Å². The molecule has 0 aromatic heterocycles. The van der Waals surface area contributed by atoms with Gasteiger partial charge in [-0.2, -0.15) is 0 Å². The van der Waals surface area contributed by atoms with E-state index in [0.29, 0.717) is 32.5 Å². The average Bonchev–Trinajstić information content (AvgIpc) is 2.48. The maximum Gasteiger partial charge on any atom is 0.315 e. The smallest absolute Gasteiger partial charge is 0.315 e. The molecule has 22 heavy (non-hydrogen) atoms. The van der Waals surface area contributed by atoms with Gasteiger partial charge in [-0.3, -0.25) is 4.90 Å². The highest BCUT2D eigenvalue weighted by Gasteiger charge is 2.22. The highest BCUT2D eigenvalue weighted by atomic mass is 19.3. The van der Waals surface area contributed by atoms with Crippen molar-refractivity contribution >= 4 is 6.03 Å². The molecule has 0 saturated carbocycles. The lowest BCUT2D eigenvalue weighted by molar-refractivity contribution is 0.0737. The highest BCUT2D eigenvalue weighted by Crippen LogP contribution is 2.12. The van der Waals surface area contributed by atoms with Crippen molar-refractivity contribution < 1.29 is 13.6 Å². The van der Waals surface area contributed by atoms with Crippen LogP contribution < -0.4 is 10.6 Å². The number of amides is 2. The second-order valence-corrected chi connectivity index (χ2v) is 5.72. The number of halogens is 2. The van der Waals surface area contributed by atoms with Gasteiger partial charge in [0.25, 0.3) is 6.43 Å². The van der Waals surface area contributed by atoms with Crippen LogP contribution in [0.5, 0.6) is 0 Å². The predicted molar refractivity (Wildman–Crippen MR) is 82.0 cm³/mol. The molecular weight excluding hydrogens is 288 g/mol. The van der Waals surface area contributed by atoms with E-state index in [1.807, 2.05) is 31.2 Å². The van der Waals surface area contributed by atoms with Gasteiger partial charge in [-0.1, -0.05) is 24.3 Å². The number of hydrogen-bond acceptors (Lipinski definition) is 2. The summed E-state index contributed by atoms with van der Waals surface area (Å²) in [4.78, 5) is 13.6. The van der Waals surface area contributed by atoms with Crippen molar-refractivity contribution in [3.63, 3.8) is 0 Å². The number of hydrogen-bond donors (Lipinski definition) is 2. The maximum absolute atomic E-state index is 12.3. The fourth-order valence-electron chi connectivity index (χ4n) is 2.68. The van der Waals surface area contributed by atoms with Crippen LogP contribution in [0.15, 0.2) is 24.3 Å². The number of nitrogens with zero attached hydrogens (tertiary/aromatic N) is 1. The van der Waals surface area contributed by atoms with Crippen LogP contribution in [0.25, 0.3) is 0 Å². The molecule has 2 N–H and O–H groups in total. The molecule has 122 valence electrons. The number of aryl methyl sites for hydroxylation is 1. The van der Waals surface area contributed by atoms with Crippen LogP contribution in [-0.4, -0.2) is 43.0 Å². The van der Waals surface area contributed by atoms with Crippen molar-refractivity contribution in [2.24, 2.45) is 0 Å². The van der Waals surface area contributed by atoms with E-state index >= 15 is 0 Å². The van der Waals surface area contributed by atoms with Gasteiger partial charge in [0.05, 0.1) is 6.54 Å². The SMILES string of the molecule is Cc1ccccc1CNC(=O)NC1CCN(CC(F)F)CC1. The third-order valence-corrected chi connectivity index (χ3v) is 4.02. The number of likely N-dealkylation sites (tertiary alicyclic amines) is 1. The van der Waals surface area contributed by atoms with E-state index < -0.39 is 6.43 Å². The minimum absolute atomic E-state index is 0.0609. The molecule has 1 aliphatic heterocycles.